The lowest BCUT2D eigenvalue weighted by molar-refractivity contribution is 0.0488. The van der Waals surface area contributed by atoms with Crippen LogP contribution in [0.25, 0.3) is 0 Å². The molecule has 1 unspecified atom stereocenters. The van der Waals surface area contributed by atoms with Crippen LogP contribution in [-0.4, -0.2) is 54.1 Å². The van der Waals surface area contributed by atoms with Gasteiger partial charge in [0.1, 0.15) is 18.5 Å². The maximum absolute atomic E-state index is 10.0. The second-order valence-corrected chi connectivity index (χ2v) is 5.53. The lowest BCUT2D eigenvalue weighted by Crippen LogP contribution is -2.41. The predicted octanol–water partition coefficient (Wildman–Crippen LogP) is 1.00. The van der Waals surface area contributed by atoms with Gasteiger partial charge in [-0.15, -0.1) is 0 Å². The first-order chi connectivity index (χ1) is 10.2. The zero-order valence-electron chi connectivity index (χ0n) is 12.1. The van der Waals surface area contributed by atoms with E-state index in [1.165, 1.54) is 0 Å². The molecule has 5 nitrogen and oxygen atoms in total. The summed E-state index contributed by atoms with van der Waals surface area (Å²) in [6.45, 7) is 2.87. The van der Waals surface area contributed by atoms with Crippen LogP contribution in [0, 0.1) is 17.2 Å². The van der Waals surface area contributed by atoms with Crippen molar-refractivity contribution in [3.05, 3.63) is 29.8 Å². The molecule has 1 aliphatic rings. The molecule has 1 aromatic rings. The highest BCUT2D eigenvalue weighted by Gasteiger charge is 2.20. The van der Waals surface area contributed by atoms with Gasteiger partial charge < -0.3 is 19.8 Å². The Labute approximate surface area is 125 Å². The van der Waals surface area contributed by atoms with Crippen molar-refractivity contribution in [3.63, 3.8) is 0 Å². The second-order valence-electron chi connectivity index (χ2n) is 5.53. The molecule has 1 atom stereocenters. The molecule has 1 heterocycles. The van der Waals surface area contributed by atoms with Gasteiger partial charge in [-0.1, -0.05) is 6.07 Å². The topological polar surface area (TPSA) is 76.7 Å². The van der Waals surface area contributed by atoms with Crippen molar-refractivity contribution in [2.45, 2.75) is 18.9 Å². The van der Waals surface area contributed by atoms with Crippen LogP contribution in [0.15, 0.2) is 24.3 Å². The SMILES string of the molecule is N#Cc1cccc(OCC(O)CN2CCC(CO)CC2)c1. The highest BCUT2D eigenvalue weighted by Crippen LogP contribution is 2.17. The van der Waals surface area contributed by atoms with Gasteiger partial charge in [0.05, 0.1) is 11.6 Å². The fourth-order valence-electron chi connectivity index (χ4n) is 2.55. The first kappa shape index (κ1) is 15.8. The summed E-state index contributed by atoms with van der Waals surface area (Å²) in [6.07, 6.45) is 1.41. The Morgan fingerprint density at radius 3 is 2.81 bits per heavy atom. The molecule has 1 fully saturated rings. The van der Waals surface area contributed by atoms with Crippen LogP contribution in [0.4, 0.5) is 0 Å². The number of likely N-dealkylation sites (tertiary alicyclic amines) is 1. The largest absolute Gasteiger partial charge is 0.491 e. The summed E-state index contributed by atoms with van der Waals surface area (Å²) >= 11 is 0. The molecule has 0 aliphatic carbocycles. The molecule has 0 spiro atoms. The molecule has 0 aromatic heterocycles. The molecular weight excluding hydrogens is 268 g/mol. The van der Waals surface area contributed by atoms with Crippen molar-refractivity contribution in [1.82, 2.24) is 4.90 Å². The van der Waals surface area contributed by atoms with Crippen LogP contribution >= 0.6 is 0 Å². The third kappa shape index (κ3) is 5.01. The summed E-state index contributed by atoms with van der Waals surface area (Å²) in [7, 11) is 0. The number of aliphatic hydroxyl groups is 2. The van der Waals surface area contributed by atoms with Gasteiger partial charge in [-0.25, -0.2) is 0 Å². The minimum atomic E-state index is -0.554. The molecular formula is C16H22N2O3. The summed E-state index contributed by atoms with van der Waals surface area (Å²) in [5, 5.41) is 28.0. The van der Waals surface area contributed by atoms with Gasteiger partial charge in [0.15, 0.2) is 0 Å². The van der Waals surface area contributed by atoms with E-state index < -0.39 is 6.10 Å². The Bertz CT molecular complexity index is 479. The van der Waals surface area contributed by atoms with Crippen molar-refractivity contribution in [3.8, 4) is 11.8 Å². The summed E-state index contributed by atoms with van der Waals surface area (Å²) in [5.41, 5.74) is 0.549. The molecule has 1 aromatic carbocycles. The van der Waals surface area contributed by atoms with Crippen LogP contribution in [0.5, 0.6) is 5.75 Å². The molecule has 0 saturated carbocycles. The van der Waals surface area contributed by atoms with Crippen LogP contribution in [-0.2, 0) is 0 Å². The molecule has 2 N–H and O–H groups in total. The standard InChI is InChI=1S/C16H22N2O3/c17-9-14-2-1-3-16(8-14)21-12-15(20)10-18-6-4-13(11-19)5-7-18/h1-3,8,13,15,19-20H,4-7,10-12H2. The summed E-state index contributed by atoms with van der Waals surface area (Å²) in [6, 6.07) is 8.98. The third-order valence-electron chi connectivity index (χ3n) is 3.84. The second kappa shape index (κ2) is 7.99. The zero-order chi connectivity index (χ0) is 15.1. The number of ether oxygens (including phenoxy) is 1. The van der Waals surface area contributed by atoms with Crippen molar-refractivity contribution in [2.24, 2.45) is 5.92 Å². The number of hydrogen-bond acceptors (Lipinski definition) is 5. The third-order valence-corrected chi connectivity index (χ3v) is 3.84. The lowest BCUT2D eigenvalue weighted by Gasteiger charge is -2.32. The smallest absolute Gasteiger partial charge is 0.120 e. The number of benzene rings is 1. The quantitative estimate of drug-likeness (QED) is 0.817. The molecule has 0 amide bonds. The average Bonchev–Trinajstić information content (AvgIpc) is 2.54. The molecule has 0 radical (unpaired) electrons. The van der Waals surface area contributed by atoms with Gasteiger partial charge in [-0.2, -0.15) is 5.26 Å². The van der Waals surface area contributed by atoms with E-state index in [4.69, 9.17) is 15.1 Å². The minimum Gasteiger partial charge on any atom is -0.491 e. The summed E-state index contributed by atoms with van der Waals surface area (Å²) < 4.78 is 5.53. The first-order valence-corrected chi connectivity index (χ1v) is 7.35. The molecule has 1 saturated heterocycles. The fourth-order valence-corrected chi connectivity index (χ4v) is 2.55. The zero-order valence-corrected chi connectivity index (χ0v) is 12.1. The normalized spacial score (nSPS) is 18.1. The van der Waals surface area contributed by atoms with Gasteiger partial charge in [0.25, 0.3) is 0 Å². The lowest BCUT2D eigenvalue weighted by atomic mass is 9.98. The maximum Gasteiger partial charge on any atom is 0.120 e. The van der Waals surface area contributed by atoms with Crippen molar-refractivity contribution in [2.75, 3.05) is 32.8 Å². The van der Waals surface area contributed by atoms with Crippen LogP contribution in [0.3, 0.4) is 0 Å². The van der Waals surface area contributed by atoms with E-state index in [0.717, 1.165) is 25.9 Å². The van der Waals surface area contributed by atoms with Gasteiger partial charge in [-0.05, 0) is 50.0 Å². The van der Waals surface area contributed by atoms with Crippen molar-refractivity contribution < 1.29 is 14.9 Å². The molecule has 21 heavy (non-hydrogen) atoms. The number of rotatable bonds is 6. The summed E-state index contributed by atoms with van der Waals surface area (Å²) in [5.74, 6) is 1.01. The van der Waals surface area contributed by atoms with E-state index >= 15 is 0 Å². The fraction of sp³-hybridized carbons (Fsp3) is 0.562. The Morgan fingerprint density at radius 1 is 1.38 bits per heavy atom. The Balaban J connectivity index is 1.72. The Morgan fingerprint density at radius 2 is 2.14 bits per heavy atom. The number of piperidine rings is 1. The van der Waals surface area contributed by atoms with Crippen molar-refractivity contribution in [1.29, 1.82) is 5.26 Å². The van der Waals surface area contributed by atoms with Crippen molar-refractivity contribution >= 4 is 0 Å². The van der Waals surface area contributed by atoms with Crippen LogP contribution in [0.1, 0.15) is 18.4 Å². The highest BCUT2D eigenvalue weighted by molar-refractivity contribution is 5.36. The van der Waals surface area contributed by atoms with Crippen LogP contribution in [0.2, 0.25) is 0 Å². The van der Waals surface area contributed by atoms with Crippen LogP contribution < -0.4 is 4.74 Å². The van der Waals surface area contributed by atoms with Gasteiger partial charge in [0, 0.05) is 13.2 Å². The molecule has 0 bridgehead atoms. The summed E-state index contributed by atoms with van der Waals surface area (Å²) in [4.78, 5) is 2.20. The Hall–Kier alpha value is -1.61. The molecule has 1 aliphatic heterocycles. The van der Waals surface area contributed by atoms with E-state index in [0.29, 0.717) is 23.8 Å². The predicted molar refractivity (Wildman–Crippen MR) is 78.9 cm³/mol. The van der Waals surface area contributed by atoms with E-state index in [9.17, 15) is 5.11 Å². The number of nitriles is 1. The van der Waals surface area contributed by atoms with E-state index in [-0.39, 0.29) is 13.2 Å². The number of nitrogens with zero attached hydrogens (tertiary/aromatic N) is 2. The molecule has 114 valence electrons. The van der Waals surface area contributed by atoms with E-state index in [2.05, 4.69) is 11.0 Å². The number of β-amino-alcohol motifs (C(OH)–C–C–N with tert-alkyl or cyclic N) is 1. The minimum absolute atomic E-state index is 0.217. The Kier molecular flexibility index (Phi) is 6.00. The van der Waals surface area contributed by atoms with Gasteiger partial charge >= 0.3 is 0 Å². The average molecular weight is 290 g/mol. The maximum atomic E-state index is 10.0. The monoisotopic (exact) mass is 290 g/mol. The van der Waals surface area contributed by atoms with Gasteiger partial charge in [-0.3, -0.25) is 0 Å². The molecule has 2 rings (SSSR count). The first-order valence-electron chi connectivity index (χ1n) is 7.35. The molecule has 5 heteroatoms. The highest BCUT2D eigenvalue weighted by atomic mass is 16.5. The van der Waals surface area contributed by atoms with E-state index in [1.807, 2.05) is 0 Å². The number of hydrogen-bond donors (Lipinski definition) is 2. The van der Waals surface area contributed by atoms with E-state index in [1.54, 1.807) is 24.3 Å². The number of aliphatic hydroxyl groups excluding tert-OH is 2. The van der Waals surface area contributed by atoms with Gasteiger partial charge in [0.2, 0.25) is 0 Å².